The molecule has 0 saturated heterocycles. The lowest BCUT2D eigenvalue weighted by atomic mass is 10.3. The second-order valence-electron chi connectivity index (χ2n) is 4.20. The molecular weight excluding hydrogens is 333 g/mol. The van der Waals surface area contributed by atoms with E-state index in [0.29, 0.717) is 5.69 Å². The van der Waals surface area contributed by atoms with Crippen LogP contribution in [0.3, 0.4) is 0 Å². The third-order valence-corrected chi connectivity index (χ3v) is 4.17. The first-order valence-corrected chi connectivity index (χ1v) is 7.89. The van der Waals surface area contributed by atoms with Crippen molar-refractivity contribution in [1.82, 2.24) is 9.71 Å². The molecule has 0 aliphatic rings. The number of halogens is 2. The zero-order chi connectivity index (χ0) is 16.2. The number of hydrogen-bond donors (Lipinski definition) is 2. The molecule has 0 spiro atoms. The van der Waals surface area contributed by atoms with Crippen LogP contribution in [0.25, 0.3) is 0 Å². The van der Waals surface area contributed by atoms with E-state index in [1.54, 1.807) is 0 Å². The van der Waals surface area contributed by atoms with Crippen LogP contribution in [0.4, 0.5) is 10.1 Å². The second kappa shape index (κ2) is 6.82. The van der Waals surface area contributed by atoms with Crippen molar-refractivity contribution in [3.05, 3.63) is 53.6 Å². The number of benzene rings is 1. The molecule has 0 aliphatic carbocycles. The highest BCUT2D eigenvalue weighted by molar-refractivity contribution is 7.89. The Kier molecular flexibility index (Phi) is 5.07. The predicted molar refractivity (Wildman–Crippen MR) is 79.5 cm³/mol. The van der Waals surface area contributed by atoms with Gasteiger partial charge in [-0.3, -0.25) is 4.79 Å². The zero-order valence-electron chi connectivity index (χ0n) is 11.1. The number of amides is 1. The summed E-state index contributed by atoms with van der Waals surface area (Å²) in [5, 5.41) is 2.59. The summed E-state index contributed by atoms with van der Waals surface area (Å²) in [6.07, 6.45) is 1.09. The molecule has 0 radical (unpaired) electrons. The molecule has 0 atom stereocenters. The largest absolute Gasteiger partial charge is 0.325 e. The third kappa shape index (κ3) is 4.48. The average Bonchev–Trinajstić information content (AvgIpc) is 2.48. The van der Waals surface area contributed by atoms with Crippen LogP contribution in [-0.4, -0.2) is 25.9 Å². The van der Waals surface area contributed by atoms with Crippen molar-refractivity contribution in [1.29, 1.82) is 0 Å². The highest BCUT2D eigenvalue weighted by atomic mass is 35.5. The van der Waals surface area contributed by atoms with Crippen LogP contribution in [0.5, 0.6) is 0 Å². The molecule has 0 unspecified atom stereocenters. The molecule has 1 amide bonds. The molecular formula is C13H11ClFN3O3S. The maximum Gasteiger partial charge on any atom is 0.242 e. The van der Waals surface area contributed by atoms with Gasteiger partial charge in [-0.2, -0.15) is 0 Å². The van der Waals surface area contributed by atoms with E-state index in [9.17, 15) is 17.6 Å². The molecule has 0 aliphatic heterocycles. The van der Waals surface area contributed by atoms with Gasteiger partial charge in [-0.1, -0.05) is 11.6 Å². The summed E-state index contributed by atoms with van der Waals surface area (Å²) < 4.78 is 38.7. The number of aromatic nitrogens is 1. The van der Waals surface area contributed by atoms with E-state index in [4.69, 9.17) is 11.6 Å². The monoisotopic (exact) mass is 343 g/mol. The van der Waals surface area contributed by atoms with E-state index in [2.05, 4.69) is 15.0 Å². The van der Waals surface area contributed by atoms with E-state index in [-0.39, 0.29) is 10.0 Å². The molecule has 9 heteroatoms. The number of anilines is 1. The van der Waals surface area contributed by atoms with Crippen LogP contribution in [0.2, 0.25) is 5.15 Å². The average molecular weight is 344 g/mol. The molecule has 2 rings (SSSR count). The molecule has 1 heterocycles. The number of rotatable bonds is 5. The summed E-state index contributed by atoms with van der Waals surface area (Å²) in [6.45, 7) is -0.470. The minimum atomic E-state index is -3.86. The van der Waals surface area contributed by atoms with Crippen LogP contribution in [0, 0.1) is 5.82 Å². The fourth-order valence-electron chi connectivity index (χ4n) is 1.50. The molecule has 0 fully saturated rings. The molecule has 22 heavy (non-hydrogen) atoms. The van der Waals surface area contributed by atoms with E-state index in [1.807, 2.05) is 0 Å². The van der Waals surface area contributed by atoms with E-state index < -0.39 is 28.3 Å². The molecule has 2 N–H and O–H groups in total. The number of sulfonamides is 1. The standard InChI is InChI=1S/C13H11ClFN3O3S/c14-12-6-5-11(7-16-12)22(20,21)17-8-13(19)18-10-3-1-9(15)2-4-10/h1-7,17H,8H2,(H,18,19). The van der Waals surface area contributed by atoms with Gasteiger partial charge < -0.3 is 5.32 Å². The molecule has 116 valence electrons. The lowest BCUT2D eigenvalue weighted by Crippen LogP contribution is -2.32. The Morgan fingerprint density at radius 1 is 1.18 bits per heavy atom. The Hall–Kier alpha value is -2.03. The fraction of sp³-hybridized carbons (Fsp3) is 0.0769. The maximum atomic E-state index is 12.7. The number of carbonyl (C=O) groups excluding carboxylic acids is 1. The summed E-state index contributed by atoms with van der Waals surface area (Å²) in [4.78, 5) is 15.2. The zero-order valence-corrected chi connectivity index (χ0v) is 12.7. The molecule has 1 aromatic carbocycles. The minimum absolute atomic E-state index is 0.105. The molecule has 1 aromatic heterocycles. The van der Waals surface area contributed by atoms with Gasteiger partial charge in [0, 0.05) is 11.9 Å². The van der Waals surface area contributed by atoms with Crippen LogP contribution < -0.4 is 10.0 Å². The highest BCUT2D eigenvalue weighted by Crippen LogP contribution is 2.11. The van der Waals surface area contributed by atoms with Crippen molar-refractivity contribution in [2.75, 3.05) is 11.9 Å². The quantitative estimate of drug-likeness (QED) is 0.810. The Morgan fingerprint density at radius 3 is 2.45 bits per heavy atom. The van der Waals surface area contributed by atoms with Crippen molar-refractivity contribution in [3.8, 4) is 0 Å². The van der Waals surface area contributed by atoms with Gasteiger partial charge >= 0.3 is 0 Å². The summed E-state index contributed by atoms with van der Waals surface area (Å²) in [6, 6.07) is 7.69. The minimum Gasteiger partial charge on any atom is -0.325 e. The first-order valence-electron chi connectivity index (χ1n) is 6.03. The van der Waals surface area contributed by atoms with Gasteiger partial charge in [0.2, 0.25) is 15.9 Å². The number of pyridine rings is 1. The normalized spacial score (nSPS) is 11.2. The van der Waals surface area contributed by atoms with Gasteiger partial charge in [-0.05, 0) is 36.4 Å². The fourth-order valence-corrected chi connectivity index (χ4v) is 2.54. The second-order valence-corrected chi connectivity index (χ2v) is 6.35. The van der Waals surface area contributed by atoms with Crippen molar-refractivity contribution >= 4 is 33.2 Å². The van der Waals surface area contributed by atoms with Crippen molar-refractivity contribution < 1.29 is 17.6 Å². The van der Waals surface area contributed by atoms with E-state index >= 15 is 0 Å². The molecule has 6 nitrogen and oxygen atoms in total. The summed E-state index contributed by atoms with van der Waals surface area (Å²) in [5.74, 6) is -1.02. The number of nitrogens with one attached hydrogen (secondary N) is 2. The van der Waals surface area contributed by atoms with E-state index in [1.165, 1.54) is 36.4 Å². The van der Waals surface area contributed by atoms with Gasteiger partial charge in [0.25, 0.3) is 0 Å². The van der Waals surface area contributed by atoms with E-state index in [0.717, 1.165) is 6.20 Å². The Balaban J connectivity index is 1.95. The predicted octanol–water partition coefficient (Wildman–Crippen LogP) is 1.79. The van der Waals surface area contributed by atoms with Gasteiger partial charge in [0.15, 0.2) is 0 Å². The highest BCUT2D eigenvalue weighted by Gasteiger charge is 2.16. The number of carbonyl (C=O) groups is 1. The SMILES string of the molecule is O=C(CNS(=O)(=O)c1ccc(Cl)nc1)Nc1ccc(F)cc1. The summed E-state index contributed by atoms with van der Waals surface area (Å²) in [5.41, 5.74) is 0.360. The van der Waals surface area contributed by atoms with Crippen molar-refractivity contribution in [3.63, 3.8) is 0 Å². The lowest BCUT2D eigenvalue weighted by Gasteiger charge is -2.07. The summed E-state index contributed by atoms with van der Waals surface area (Å²) in [7, 11) is -3.86. The number of hydrogen-bond acceptors (Lipinski definition) is 4. The van der Waals surface area contributed by atoms with Crippen LogP contribution in [0.1, 0.15) is 0 Å². The Labute approximate surface area is 131 Å². The molecule has 0 saturated carbocycles. The first kappa shape index (κ1) is 16.3. The summed E-state index contributed by atoms with van der Waals surface area (Å²) >= 11 is 5.57. The lowest BCUT2D eigenvalue weighted by molar-refractivity contribution is -0.115. The smallest absolute Gasteiger partial charge is 0.242 e. The van der Waals surface area contributed by atoms with Crippen LogP contribution in [0.15, 0.2) is 47.5 Å². The number of nitrogens with zero attached hydrogens (tertiary/aromatic N) is 1. The van der Waals surface area contributed by atoms with Gasteiger partial charge in [0.05, 0.1) is 6.54 Å². The third-order valence-electron chi connectivity index (χ3n) is 2.56. The van der Waals surface area contributed by atoms with Gasteiger partial charge in [-0.15, -0.1) is 0 Å². The van der Waals surface area contributed by atoms with Crippen LogP contribution >= 0.6 is 11.6 Å². The Bertz CT molecular complexity index is 764. The van der Waals surface area contributed by atoms with Crippen molar-refractivity contribution in [2.24, 2.45) is 0 Å². The Morgan fingerprint density at radius 2 is 1.86 bits per heavy atom. The maximum absolute atomic E-state index is 12.7. The molecule has 2 aromatic rings. The topological polar surface area (TPSA) is 88.2 Å². The van der Waals surface area contributed by atoms with Crippen molar-refractivity contribution in [2.45, 2.75) is 4.90 Å². The van der Waals surface area contributed by atoms with Gasteiger partial charge in [0.1, 0.15) is 15.9 Å². The van der Waals surface area contributed by atoms with Crippen LogP contribution in [-0.2, 0) is 14.8 Å². The molecule has 0 bridgehead atoms. The first-order chi connectivity index (χ1) is 10.4. The van der Waals surface area contributed by atoms with Gasteiger partial charge in [-0.25, -0.2) is 22.5 Å².